The molecule has 0 saturated carbocycles. The van der Waals surface area contributed by atoms with Crippen molar-refractivity contribution in [2.24, 2.45) is 0 Å². The molecule has 4 aromatic rings. The van der Waals surface area contributed by atoms with Gasteiger partial charge in [0.1, 0.15) is 14.5 Å². The van der Waals surface area contributed by atoms with E-state index in [1.807, 2.05) is 0 Å². The number of halogens is 1. The van der Waals surface area contributed by atoms with Crippen molar-refractivity contribution < 1.29 is 48.5 Å². The minimum absolute atomic E-state index is 0.0218. The number of hydrogen-bond acceptors (Lipinski definition) is 15. The van der Waals surface area contributed by atoms with Gasteiger partial charge in [-0.1, -0.05) is 42.5 Å². The molecule has 2 aliphatic rings. The van der Waals surface area contributed by atoms with Gasteiger partial charge in [0, 0.05) is 22.5 Å². The van der Waals surface area contributed by atoms with Crippen molar-refractivity contribution >= 4 is 88.2 Å². The van der Waals surface area contributed by atoms with E-state index in [2.05, 4.69) is 30.9 Å². The Morgan fingerprint density at radius 3 is 1.86 bits per heavy atom. The highest BCUT2D eigenvalue weighted by Gasteiger charge is 2.37. The highest BCUT2D eigenvalue weighted by atomic mass is 35.5. The summed E-state index contributed by atoms with van der Waals surface area (Å²) < 4.78 is 103. The number of carbonyl (C=O) groups excluding carboxylic acids is 2. The molecule has 0 spiro atoms. The van der Waals surface area contributed by atoms with Gasteiger partial charge in [-0.25, -0.2) is 0 Å². The second kappa shape index (κ2) is 13.9. The molecule has 1 aromatic heterocycles. The van der Waals surface area contributed by atoms with Gasteiger partial charge in [-0.05, 0) is 74.2 Å². The molecule has 6 rings (SSSR count). The van der Waals surface area contributed by atoms with Crippen molar-refractivity contribution in [1.29, 1.82) is 0 Å². The SMILES string of the molecule is Cc1c(Nc2nc(Cl)nc(NC3=CC=CC(C)(S(=O)(=O)O)C=C3)n2)c(C)c(S(=O)(=O)O)c(C)c1Nc1cc(S(=O)(=O)O)c(N)c2c1C(=O)c1ccccc1C2=O. The standard InChI is InChI=1S/C34H30ClN7O11S3/c1-15-26(38-21-14-22(54(45,46)47)25(36)24-23(21)28(43)19-9-5-6-10-20(19)29(24)44)16(2)30(55(48,49)50)17(3)27(15)39-33-41-31(35)40-32(42-33)37-18-8-7-12-34(4,13-11-18)56(51,52)53/h5-14,38H,36H2,1-4H3,(H,45,46,47)(H,48,49,50)(H,51,52,53)(H2,37,39,40,41,42). The second-order valence-electron chi connectivity index (χ2n) is 12.8. The molecule has 0 saturated heterocycles. The summed E-state index contributed by atoms with van der Waals surface area (Å²) in [5.41, 5.74) is 4.29. The Balaban J connectivity index is 1.49. The van der Waals surface area contributed by atoms with Crippen molar-refractivity contribution in [3.8, 4) is 0 Å². The molecule has 2 aliphatic carbocycles. The minimum Gasteiger partial charge on any atom is -0.397 e. The van der Waals surface area contributed by atoms with E-state index in [0.717, 1.165) is 6.07 Å². The van der Waals surface area contributed by atoms with E-state index in [0.29, 0.717) is 0 Å². The maximum atomic E-state index is 13.9. The first-order valence-electron chi connectivity index (χ1n) is 15.9. The molecule has 3 aromatic carbocycles. The van der Waals surface area contributed by atoms with Crippen molar-refractivity contribution in [3.05, 3.63) is 111 Å². The maximum Gasteiger partial charge on any atom is 0.296 e. The fourth-order valence-electron chi connectivity index (χ4n) is 6.37. The van der Waals surface area contributed by atoms with Gasteiger partial charge in [0.05, 0.1) is 28.2 Å². The highest BCUT2D eigenvalue weighted by Crippen LogP contribution is 2.44. The van der Waals surface area contributed by atoms with Gasteiger partial charge in [0.15, 0.2) is 11.6 Å². The Hall–Kier alpha value is -5.55. The number of ketones is 2. The molecule has 0 amide bonds. The van der Waals surface area contributed by atoms with E-state index in [1.54, 1.807) is 0 Å². The topological polar surface area (TPSA) is 298 Å². The zero-order valence-electron chi connectivity index (χ0n) is 29.4. The Labute approximate surface area is 324 Å². The van der Waals surface area contributed by atoms with Gasteiger partial charge in [-0.3, -0.25) is 23.2 Å². The third kappa shape index (κ3) is 7.16. The average molecular weight is 844 g/mol. The van der Waals surface area contributed by atoms with E-state index in [4.69, 9.17) is 17.3 Å². The van der Waals surface area contributed by atoms with Crippen LogP contribution in [0.25, 0.3) is 0 Å². The lowest BCUT2D eigenvalue weighted by molar-refractivity contribution is 0.0980. The second-order valence-corrected chi connectivity index (χ2v) is 17.7. The predicted molar refractivity (Wildman–Crippen MR) is 206 cm³/mol. The van der Waals surface area contributed by atoms with Crippen molar-refractivity contribution in [2.45, 2.75) is 42.2 Å². The summed E-state index contributed by atoms with van der Waals surface area (Å²) in [7, 11) is -14.6. The molecule has 0 bridgehead atoms. The number of aromatic nitrogens is 3. The van der Waals surface area contributed by atoms with Crippen LogP contribution in [0.5, 0.6) is 0 Å². The molecule has 1 heterocycles. The number of carbonyl (C=O) groups is 2. The Morgan fingerprint density at radius 1 is 0.750 bits per heavy atom. The Bertz CT molecular complexity index is 2880. The van der Waals surface area contributed by atoms with Crippen LogP contribution in [-0.4, -0.2) is 70.2 Å². The molecule has 0 radical (unpaired) electrons. The summed E-state index contributed by atoms with van der Waals surface area (Å²) in [5.74, 6) is -1.98. The molecule has 18 nitrogen and oxygen atoms in total. The number of benzene rings is 3. The summed E-state index contributed by atoms with van der Waals surface area (Å²) in [5, 5.41) is 8.20. The third-order valence-electron chi connectivity index (χ3n) is 9.13. The number of nitrogens with two attached hydrogens (primary N) is 1. The number of nitrogens with zero attached hydrogens (tertiary/aromatic N) is 3. The Kier molecular flexibility index (Phi) is 9.94. The van der Waals surface area contributed by atoms with E-state index in [1.165, 1.54) is 82.3 Å². The van der Waals surface area contributed by atoms with Crippen molar-refractivity contribution in [3.63, 3.8) is 0 Å². The van der Waals surface area contributed by atoms with Gasteiger partial charge in [0.25, 0.3) is 30.4 Å². The van der Waals surface area contributed by atoms with E-state index in [9.17, 15) is 48.5 Å². The third-order valence-corrected chi connectivity index (χ3v) is 12.7. The van der Waals surface area contributed by atoms with Crippen LogP contribution in [0.1, 0.15) is 55.5 Å². The zero-order valence-corrected chi connectivity index (χ0v) is 32.6. The molecule has 1 atom stereocenters. The zero-order chi connectivity index (χ0) is 41.3. The normalized spacial score (nSPS) is 16.8. The smallest absolute Gasteiger partial charge is 0.296 e. The van der Waals surface area contributed by atoms with Gasteiger partial charge in [0.2, 0.25) is 17.2 Å². The average Bonchev–Trinajstić information content (AvgIpc) is 3.28. The fraction of sp³-hybridized carbons (Fsp3) is 0.147. The van der Waals surface area contributed by atoms with Gasteiger partial charge in [-0.2, -0.15) is 40.2 Å². The number of rotatable bonds is 9. The van der Waals surface area contributed by atoms with Crippen LogP contribution < -0.4 is 21.7 Å². The number of nitrogens with one attached hydrogen (secondary N) is 3. The monoisotopic (exact) mass is 843 g/mol. The van der Waals surface area contributed by atoms with Gasteiger partial charge < -0.3 is 21.7 Å². The fourth-order valence-corrected chi connectivity index (χ4v) is 8.64. The summed E-state index contributed by atoms with van der Waals surface area (Å²) in [6, 6.07) is 6.57. The predicted octanol–water partition coefficient (Wildman–Crippen LogP) is 4.86. The number of anilines is 6. The highest BCUT2D eigenvalue weighted by molar-refractivity contribution is 7.87. The van der Waals surface area contributed by atoms with Crippen molar-refractivity contribution in [1.82, 2.24) is 15.0 Å². The van der Waals surface area contributed by atoms with E-state index in [-0.39, 0.29) is 73.3 Å². The first-order valence-corrected chi connectivity index (χ1v) is 20.6. The molecule has 0 aliphatic heterocycles. The summed E-state index contributed by atoms with van der Waals surface area (Å²) >= 11 is 6.22. The quantitative estimate of drug-likeness (QED) is 0.0770. The van der Waals surface area contributed by atoms with Crippen LogP contribution in [0.15, 0.2) is 76.2 Å². The van der Waals surface area contributed by atoms with Crippen molar-refractivity contribution in [2.75, 3.05) is 21.7 Å². The largest absolute Gasteiger partial charge is 0.397 e. The van der Waals surface area contributed by atoms with E-state index < -0.39 is 67.7 Å². The molecule has 1 unspecified atom stereocenters. The molecular formula is C34H30ClN7O11S3. The van der Waals surface area contributed by atoms with Crippen LogP contribution in [0, 0.1) is 20.8 Å². The van der Waals surface area contributed by atoms with Crippen LogP contribution in [-0.2, 0) is 30.4 Å². The number of nitrogen functional groups attached to an aromatic ring is 1. The number of allylic oxidation sites excluding steroid dienone is 3. The molecule has 0 fully saturated rings. The molecule has 8 N–H and O–H groups in total. The lowest BCUT2D eigenvalue weighted by Crippen LogP contribution is -2.30. The first kappa shape index (κ1) is 40.1. The van der Waals surface area contributed by atoms with Crippen LogP contribution in [0.2, 0.25) is 5.28 Å². The first-order chi connectivity index (χ1) is 25.9. The van der Waals surface area contributed by atoms with Crippen LogP contribution in [0.3, 0.4) is 0 Å². The summed E-state index contributed by atoms with van der Waals surface area (Å²) in [4.78, 5) is 38.5. The minimum atomic E-state index is -5.11. The number of hydrogen-bond donors (Lipinski definition) is 7. The molecular weight excluding hydrogens is 814 g/mol. The maximum absolute atomic E-state index is 13.9. The van der Waals surface area contributed by atoms with Gasteiger partial charge in [-0.15, -0.1) is 0 Å². The summed E-state index contributed by atoms with van der Waals surface area (Å²) in [6.07, 6.45) is 6.66. The van der Waals surface area contributed by atoms with Crippen LogP contribution in [0.4, 0.5) is 34.6 Å². The Morgan fingerprint density at radius 2 is 1.30 bits per heavy atom. The summed E-state index contributed by atoms with van der Waals surface area (Å²) in [6.45, 7) is 5.45. The molecule has 22 heteroatoms. The molecule has 56 heavy (non-hydrogen) atoms. The lowest BCUT2D eigenvalue weighted by Gasteiger charge is -2.26. The number of fused-ring (bicyclic) bond motifs is 2. The van der Waals surface area contributed by atoms with E-state index >= 15 is 0 Å². The van der Waals surface area contributed by atoms with Gasteiger partial charge >= 0.3 is 0 Å². The molecule has 292 valence electrons. The van der Waals surface area contributed by atoms with Crippen LogP contribution >= 0.6 is 11.6 Å². The lowest BCUT2D eigenvalue weighted by atomic mass is 9.82.